The Morgan fingerprint density at radius 3 is 2.30 bits per heavy atom. The van der Waals surface area contributed by atoms with E-state index in [4.69, 9.17) is 0 Å². The zero-order valence-electron chi connectivity index (χ0n) is 12.5. The molecule has 0 aliphatic heterocycles. The minimum atomic E-state index is -0.561. The van der Waals surface area contributed by atoms with Crippen LogP contribution in [-0.4, -0.2) is 11.4 Å². The van der Waals surface area contributed by atoms with Gasteiger partial charge in [0.2, 0.25) is 5.91 Å². The summed E-state index contributed by atoms with van der Waals surface area (Å²) in [7, 11) is 0. The number of hydrogen-bond donors (Lipinski definition) is 1. The lowest BCUT2D eigenvalue weighted by atomic mass is 9.76. The number of fused-ring (bicyclic) bond motifs is 1. The van der Waals surface area contributed by atoms with Crippen LogP contribution < -0.4 is 5.32 Å². The maximum absolute atomic E-state index is 12.5. The predicted molar refractivity (Wildman–Crippen MR) is 77.7 cm³/mol. The molecule has 0 saturated heterocycles. The molecule has 3 heteroatoms. The topological polar surface area (TPSA) is 52.9 Å². The normalized spacial score (nSPS) is 43.2. The van der Waals surface area contributed by atoms with Crippen molar-refractivity contribution in [1.29, 1.82) is 5.26 Å². The highest BCUT2D eigenvalue weighted by atomic mass is 16.2. The smallest absolute Gasteiger partial charge is 0.224 e. The Hall–Kier alpha value is -1.04. The maximum Gasteiger partial charge on any atom is 0.224 e. The molecule has 110 valence electrons. The van der Waals surface area contributed by atoms with Gasteiger partial charge >= 0.3 is 0 Å². The van der Waals surface area contributed by atoms with Crippen molar-refractivity contribution in [3.8, 4) is 6.07 Å². The van der Waals surface area contributed by atoms with E-state index in [0.29, 0.717) is 11.8 Å². The van der Waals surface area contributed by atoms with Gasteiger partial charge in [0.15, 0.2) is 0 Å². The monoisotopic (exact) mass is 274 g/mol. The molecule has 2 unspecified atom stereocenters. The molecule has 3 aliphatic carbocycles. The summed E-state index contributed by atoms with van der Waals surface area (Å²) in [5.41, 5.74) is -0.561. The highest BCUT2D eigenvalue weighted by molar-refractivity contribution is 5.83. The van der Waals surface area contributed by atoms with Gasteiger partial charge in [-0.05, 0) is 56.3 Å². The molecular formula is C17H26N2O. The molecule has 0 aromatic heterocycles. The Morgan fingerprint density at radius 1 is 1.20 bits per heavy atom. The van der Waals surface area contributed by atoms with E-state index in [2.05, 4.69) is 18.3 Å². The average Bonchev–Trinajstić information content (AvgIpc) is 3.22. The minimum Gasteiger partial charge on any atom is -0.338 e. The number of nitrogens with zero attached hydrogens (tertiary/aromatic N) is 1. The van der Waals surface area contributed by atoms with E-state index in [9.17, 15) is 10.1 Å². The van der Waals surface area contributed by atoms with Gasteiger partial charge in [0.05, 0.1) is 6.07 Å². The van der Waals surface area contributed by atoms with Gasteiger partial charge < -0.3 is 5.32 Å². The van der Waals surface area contributed by atoms with Crippen LogP contribution in [0.3, 0.4) is 0 Å². The Morgan fingerprint density at radius 2 is 1.80 bits per heavy atom. The van der Waals surface area contributed by atoms with Gasteiger partial charge in [-0.1, -0.05) is 26.2 Å². The molecule has 1 N–H and O–H groups in total. The lowest BCUT2D eigenvalue weighted by Crippen LogP contribution is -2.50. The molecule has 3 rings (SSSR count). The summed E-state index contributed by atoms with van der Waals surface area (Å²) in [4.78, 5) is 12.5. The van der Waals surface area contributed by atoms with Crippen molar-refractivity contribution in [3.05, 3.63) is 0 Å². The Balaban J connectivity index is 1.59. The van der Waals surface area contributed by atoms with Gasteiger partial charge in [0.25, 0.3) is 0 Å². The van der Waals surface area contributed by atoms with E-state index in [1.165, 1.54) is 32.1 Å². The summed E-state index contributed by atoms with van der Waals surface area (Å²) in [6.07, 6.45) is 10.1. The second-order valence-electron chi connectivity index (χ2n) is 7.17. The largest absolute Gasteiger partial charge is 0.338 e. The van der Waals surface area contributed by atoms with Crippen LogP contribution in [0.15, 0.2) is 0 Å². The van der Waals surface area contributed by atoms with E-state index >= 15 is 0 Å². The fraction of sp³-hybridized carbons (Fsp3) is 0.882. The van der Waals surface area contributed by atoms with Gasteiger partial charge in [-0.25, -0.2) is 0 Å². The van der Waals surface area contributed by atoms with E-state index < -0.39 is 5.54 Å². The number of amides is 1. The highest BCUT2D eigenvalue weighted by Crippen LogP contribution is 2.55. The second kappa shape index (κ2) is 5.39. The van der Waals surface area contributed by atoms with Crippen molar-refractivity contribution < 1.29 is 4.79 Å². The van der Waals surface area contributed by atoms with Gasteiger partial charge in [-0.15, -0.1) is 0 Å². The van der Waals surface area contributed by atoms with Crippen LogP contribution in [0.4, 0.5) is 0 Å². The molecule has 0 aromatic rings. The Labute approximate surface area is 122 Å². The molecule has 3 nitrogen and oxygen atoms in total. The summed E-state index contributed by atoms with van der Waals surface area (Å²) < 4.78 is 0. The van der Waals surface area contributed by atoms with E-state index in [1.54, 1.807) is 0 Å². The molecule has 0 spiro atoms. The fourth-order valence-corrected chi connectivity index (χ4v) is 4.54. The third-order valence-corrected chi connectivity index (χ3v) is 6.07. The van der Waals surface area contributed by atoms with Gasteiger partial charge in [-0.2, -0.15) is 5.26 Å². The third-order valence-electron chi connectivity index (χ3n) is 6.07. The van der Waals surface area contributed by atoms with E-state index in [-0.39, 0.29) is 11.8 Å². The number of carbonyl (C=O) groups is 1. The first-order valence-electron chi connectivity index (χ1n) is 8.42. The first-order chi connectivity index (χ1) is 9.69. The van der Waals surface area contributed by atoms with Crippen LogP contribution in [0.25, 0.3) is 0 Å². The molecule has 0 radical (unpaired) electrons. The number of hydrogen-bond acceptors (Lipinski definition) is 2. The summed E-state index contributed by atoms with van der Waals surface area (Å²) in [6, 6.07) is 2.43. The van der Waals surface area contributed by atoms with Crippen LogP contribution in [0.1, 0.15) is 64.7 Å². The lowest BCUT2D eigenvalue weighted by Gasteiger charge is -2.35. The highest BCUT2D eigenvalue weighted by Gasteiger charge is 2.55. The van der Waals surface area contributed by atoms with Gasteiger partial charge in [0, 0.05) is 5.92 Å². The van der Waals surface area contributed by atoms with Gasteiger partial charge in [0.1, 0.15) is 5.54 Å². The first kappa shape index (κ1) is 13.9. The van der Waals surface area contributed by atoms with Crippen molar-refractivity contribution in [2.24, 2.45) is 23.7 Å². The Kier molecular flexibility index (Phi) is 3.75. The summed E-state index contributed by atoms with van der Waals surface area (Å²) in [5.74, 6) is 2.42. The molecule has 0 heterocycles. The summed E-state index contributed by atoms with van der Waals surface area (Å²) in [5, 5.41) is 12.7. The van der Waals surface area contributed by atoms with Crippen molar-refractivity contribution in [3.63, 3.8) is 0 Å². The molecule has 2 atom stereocenters. The molecule has 3 aliphatic rings. The number of nitrogens with one attached hydrogen (secondary N) is 1. The van der Waals surface area contributed by atoms with Crippen LogP contribution in [0.2, 0.25) is 0 Å². The maximum atomic E-state index is 12.5. The molecule has 20 heavy (non-hydrogen) atoms. The molecule has 3 saturated carbocycles. The first-order valence-corrected chi connectivity index (χ1v) is 8.42. The standard InChI is InChI=1S/C17H26N2O/c1-2-12-7-9-17(11-18,10-8-12)19-16(20)15-13-5-3-4-6-14(13)15/h12-15H,2-10H2,1H3,(H,19,20). The van der Waals surface area contributed by atoms with E-state index in [0.717, 1.165) is 31.6 Å². The van der Waals surface area contributed by atoms with Crippen molar-refractivity contribution in [2.75, 3.05) is 0 Å². The number of rotatable bonds is 3. The third kappa shape index (κ3) is 2.45. The van der Waals surface area contributed by atoms with Crippen LogP contribution in [0, 0.1) is 35.0 Å². The van der Waals surface area contributed by atoms with Crippen LogP contribution in [0.5, 0.6) is 0 Å². The molecular weight excluding hydrogens is 248 g/mol. The number of carbonyl (C=O) groups excluding carboxylic acids is 1. The van der Waals surface area contributed by atoms with Crippen molar-refractivity contribution in [2.45, 2.75) is 70.3 Å². The minimum absolute atomic E-state index is 0.179. The molecule has 0 aromatic carbocycles. The average molecular weight is 274 g/mol. The van der Waals surface area contributed by atoms with E-state index in [1.807, 2.05) is 0 Å². The Bertz CT molecular complexity index is 405. The predicted octanol–water partition coefficient (Wildman–Crippen LogP) is 3.40. The zero-order valence-corrected chi connectivity index (χ0v) is 12.5. The summed E-state index contributed by atoms with van der Waals surface area (Å²) >= 11 is 0. The van der Waals surface area contributed by atoms with Crippen LogP contribution >= 0.6 is 0 Å². The van der Waals surface area contributed by atoms with Crippen molar-refractivity contribution >= 4 is 5.91 Å². The fourth-order valence-electron chi connectivity index (χ4n) is 4.54. The molecule has 3 fully saturated rings. The molecule has 1 amide bonds. The van der Waals surface area contributed by atoms with Crippen LogP contribution in [-0.2, 0) is 4.79 Å². The van der Waals surface area contributed by atoms with Gasteiger partial charge in [-0.3, -0.25) is 4.79 Å². The lowest BCUT2D eigenvalue weighted by molar-refractivity contribution is -0.124. The van der Waals surface area contributed by atoms with Crippen molar-refractivity contribution in [1.82, 2.24) is 5.32 Å². The SMILES string of the molecule is CCC1CCC(C#N)(NC(=O)C2C3CCCCC32)CC1. The second-order valence-corrected chi connectivity index (χ2v) is 7.17. The number of nitriles is 1. The molecule has 0 bridgehead atoms. The summed E-state index contributed by atoms with van der Waals surface area (Å²) in [6.45, 7) is 2.22. The zero-order chi connectivity index (χ0) is 14.2. The quantitative estimate of drug-likeness (QED) is 0.857.